The number of carbonyl (C=O) groups excluding carboxylic acids is 1. The summed E-state index contributed by atoms with van der Waals surface area (Å²) in [6.45, 7) is 9.71. The first kappa shape index (κ1) is 18.3. The van der Waals surface area contributed by atoms with Crippen LogP contribution in [-0.2, 0) is 4.74 Å². The molecule has 2 unspecified atom stereocenters. The summed E-state index contributed by atoms with van der Waals surface area (Å²) in [5.41, 5.74) is -0.416. The second kappa shape index (κ2) is 8.62. The quantitative estimate of drug-likeness (QED) is 0.758. The molecular formula is C17H34N2O2. The van der Waals surface area contributed by atoms with Gasteiger partial charge in [0, 0.05) is 19.6 Å². The van der Waals surface area contributed by atoms with E-state index >= 15 is 0 Å². The molecule has 0 spiro atoms. The number of rotatable bonds is 6. The Hall–Kier alpha value is -0.770. The van der Waals surface area contributed by atoms with E-state index < -0.39 is 5.60 Å². The number of ether oxygens (including phenoxy) is 1. The smallest absolute Gasteiger partial charge is 0.410 e. The highest BCUT2D eigenvalue weighted by Gasteiger charge is 2.21. The van der Waals surface area contributed by atoms with Crippen LogP contribution in [0.15, 0.2) is 0 Å². The highest BCUT2D eigenvalue weighted by Crippen LogP contribution is 2.26. The van der Waals surface area contributed by atoms with Crippen LogP contribution in [0, 0.1) is 5.92 Å². The molecule has 1 amide bonds. The van der Waals surface area contributed by atoms with Gasteiger partial charge >= 0.3 is 6.09 Å². The van der Waals surface area contributed by atoms with Crippen LogP contribution in [0.4, 0.5) is 4.79 Å². The van der Waals surface area contributed by atoms with Gasteiger partial charge < -0.3 is 15.0 Å². The van der Waals surface area contributed by atoms with Gasteiger partial charge in [-0.1, -0.05) is 26.2 Å². The summed E-state index contributed by atoms with van der Waals surface area (Å²) in [6, 6.07) is 0.676. The Bertz CT molecular complexity index is 312. The fourth-order valence-corrected chi connectivity index (χ4v) is 2.90. The highest BCUT2D eigenvalue weighted by atomic mass is 16.6. The molecule has 2 atom stereocenters. The van der Waals surface area contributed by atoms with Crippen LogP contribution in [0.3, 0.4) is 0 Å². The Morgan fingerprint density at radius 3 is 2.67 bits per heavy atom. The van der Waals surface area contributed by atoms with Crippen LogP contribution < -0.4 is 5.32 Å². The van der Waals surface area contributed by atoms with Crippen LogP contribution in [0.5, 0.6) is 0 Å². The number of hydrogen-bond donors (Lipinski definition) is 1. The van der Waals surface area contributed by atoms with E-state index in [1.165, 1.54) is 32.1 Å². The topological polar surface area (TPSA) is 41.6 Å². The van der Waals surface area contributed by atoms with Crippen LogP contribution in [-0.4, -0.2) is 42.8 Å². The number of nitrogens with one attached hydrogen (secondary N) is 1. The molecule has 124 valence electrons. The Labute approximate surface area is 130 Å². The van der Waals surface area contributed by atoms with Crippen molar-refractivity contribution < 1.29 is 9.53 Å². The van der Waals surface area contributed by atoms with E-state index in [-0.39, 0.29) is 6.09 Å². The van der Waals surface area contributed by atoms with E-state index in [0.717, 1.165) is 25.4 Å². The van der Waals surface area contributed by atoms with Gasteiger partial charge in [0.25, 0.3) is 0 Å². The summed E-state index contributed by atoms with van der Waals surface area (Å²) in [6.07, 6.45) is 7.43. The fourth-order valence-electron chi connectivity index (χ4n) is 2.90. The molecule has 0 aromatic rings. The largest absolute Gasteiger partial charge is 0.444 e. The SMILES string of the molecule is CCC1CCCC(NCCCN(C)C(=O)OC(C)(C)C)C1. The molecule has 1 aliphatic carbocycles. The van der Waals surface area contributed by atoms with E-state index in [9.17, 15) is 4.79 Å². The second-order valence-corrected chi connectivity index (χ2v) is 7.35. The van der Waals surface area contributed by atoms with Gasteiger partial charge in [-0.15, -0.1) is 0 Å². The molecule has 0 bridgehead atoms. The predicted octanol–water partition coefficient (Wildman–Crippen LogP) is 3.80. The van der Waals surface area contributed by atoms with Gasteiger partial charge in [0.15, 0.2) is 0 Å². The molecule has 1 rings (SSSR count). The molecule has 4 heteroatoms. The predicted molar refractivity (Wildman–Crippen MR) is 87.5 cm³/mol. The summed E-state index contributed by atoms with van der Waals surface area (Å²) in [4.78, 5) is 13.5. The maximum absolute atomic E-state index is 11.8. The lowest BCUT2D eigenvalue weighted by molar-refractivity contribution is 0.0297. The van der Waals surface area contributed by atoms with Crippen LogP contribution in [0.2, 0.25) is 0 Å². The summed E-state index contributed by atoms with van der Waals surface area (Å²) in [7, 11) is 1.81. The van der Waals surface area contributed by atoms with E-state index in [4.69, 9.17) is 4.74 Å². The molecule has 0 heterocycles. The number of carbonyl (C=O) groups is 1. The van der Waals surface area contributed by atoms with Crippen molar-refractivity contribution in [3.63, 3.8) is 0 Å². The van der Waals surface area contributed by atoms with Crippen LogP contribution in [0.25, 0.3) is 0 Å². The summed E-state index contributed by atoms with van der Waals surface area (Å²) >= 11 is 0. The van der Waals surface area contributed by atoms with E-state index in [1.807, 2.05) is 27.8 Å². The van der Waals surface area contributed by atoms with E-state index in [2.05, 4.69) is 12.2 Å². The van der Waals surface area contributed by atoms with E-state index in [0.29, 0.717) is 6.04 Å². The van der Waals surface area contributed by atoms with Crippen molar-refractivity contribution in [2.24, 2.45) is 5.92 Å². The second-order valence-electron chi connectivity index (χ2n) is 7.35. The molecule has 0 radical (unpaired) electrons. The van der Waals surface area contributed by atoms with E-state index in [1.54, 1.807) is 4.90 Å². The van der Waals surface area contributed by atoms with Gasteiger partial charge in [0.05, 0.1) is 0 Å². The van der Waals surface area contributed by atoms with Gasteiger partial charge in [0.2, 0.25) is 0 Å². The third-order valence-electron chi connectivity index (χ3n) is 4.17. The molecule has 0 saturated heterocycles. The lowest BCUT2D eigenvalue weighted by Crippen LogP contribution is -2.38. The summed E-state index contributed by atoms with van der Waals surface area (Å²) in [5, 5.41) is 3.65. The van der Waals surface area contributed by atoms with Gasteiger partial charge in [-0.3, -0.25) is 0 Å². The Balaban J connectivity index is 2.14. The molecule has 1 fully saturated rings. The lowest BCUT2D eigenvalue weighted by atomic mass is 9.84. The number of hydrogen-bond acceptors (Lipinski definition) is 3. The zero-order valence-corrected chi connectivity index (χ0v) is 14.6. The van der Waals surface area contributed by atoms with Crippen LogP contribution in [0.1, 0.15) is 66.2 Å². The van der Waals surface area contributed by atoms with Crippen LogP contribution >= 0.6 is 0 Å². The first-order valence-electron chi connectivity index (χ1n) is 8.49. The maximum Gasteiger partial charge on any atom is 0.410 e. The van der Waals surface area contributed by atoms with Crippen molar-refractivity contribution in [1.82, 2.24) is 10.2 Å². The van der Waals surface area contributed by atoms with Crippen molar-refractivity contribution in [2.75, 3.05) is 20.1 Å². The van der Waals surface area contributed by atoms with Crippen molar-refractivity contribution in [2.45, 2.75) is 77.9 Å². The van der Waals surface area contributed by atoms with Crippen molar-refractivity contribution in [3.05, 3.63) is 0 Å². The van der Waals surface area contributed by atoms with Crippen molar-refractivity contribution in [3.8, 4) is 0 Å². The third-order valence-corrected chi connectivity index (χ3v) is 4.17. The Kier molecular flexibility index (Phi) is 7.50. The molecule has 0 aromatic carbocycles. The Morgan fingerprint density at radius 2 is 2.05 bits per heavy atom. The zero-order chi connectivity index (χ0) is 15.9. The molecule has 1 N–H and O–H groups in total. The fraction of sp³-hybridized carbons (Fsp3) is 0.941. The zero-order valence-electron chi connectivity index (χ0n) is 14.6. The third kappa shape index (κ3) is 7.70. The van der Waals surface area contributed by atoms with Crippen molar-refractivity contribution >= 4 is 6.09 Å². The van der Waals surface area contributed by atoms with Crippen molar-refractivity contribution in [1.29, 1.82) is 0 Å². The average molecular weight is 298 g/mol. The monoisotopic (exact) mass is 298 g/mol. The molecule has 1 aliphatic rings. The van der Waals surface area contributed by atoms with Gasteiger partial charge in [-0.25, -0.2) is 4.79 Å². The minimum atomic E-state index is -0.416. The molecular weight excluding hydrogens is 264 g/mol. The van der Waals surface area contributed by atoms with Gasteiger partial charge in [-0.2, -0.15) is 0 Å². The summed E-state index contributed by atoms with van der Waals surface area (Å²) < 4.78 is 5.34. The standard InChI is InChI=1S/C17H34N2O2/c1-6-14-9-7-10-15(13-14)18-11-8-12-19(5)16(20)21-17(2,3)4/h14-15,18H,6-13H2,1-5H3. The lowest BCUT2D eigenvalue weighted by Gasteiger charge is -2.29. The molecule has 1 saturated carbocycles. The van der Waals surface area contributed by atoms with Gasteiger partial charge in [0.1, 0.15) is 5.60 Å². The first-order valence-corrected chi connectivity index (χ1v) is 8.49. The highest BCUT2D eigenvalue weighted by molar-refractivity contribution is 5.67. The molecule has 4 nitrogen and oxygen atoms in total. The minimum Gasteiger partial charge on any atom is -0.444 e. The maximum atomic E-state index is 11.8. The molecule has 0 aliphatic heterocycles. The first-order chi connectivity index (χ1) is 9.81. The minimum absolute atomic E-state index is 0.230. The Morgan fingerprint density at radius 1 is 1.33 bits per heavy atom. The average Bonchev–Trinajstić information content (AvgIpc) is 2.41. The van der Waals surface area contributed by atoms with Gasteiger partial charge in [-0.05, 0) is 52.5 Å². The number of amides is 1. The normalized spacial score (nSPS) is 22.9. The number of nitrogens with zero attached hydrogens (tertiary/aromatic N) is 1. The molecule has 0 aromatic heterocycles. The molecule has 21 heavy (non-hydrogen) atoms. The summed E-state index contributed by atoms with van der Waals surface area (Å²) in [5.74, 6) is 0.903.